The summed E-state index contributed by atoms with van der Waals surface area (Å²) in [6, 6.07) is 16.2. The summed E-state index contributed by atoms with van der Waals surface area (Å²) in [5.74, 6) is 1.24. The largest absolute Gasteiger partial charge is 0.489 e. The van der Waals surface area contributed by atoms with Gasteiger partial charge in [-0.25, -0.2) is 0 Å². The van der Waals surface area contributed by atoms with Crippen molar-refractivity contribution in [3.05, 3.63) is 65.2 Å². The molecule has 120 valence electrons. The first-order valence-corrected chi connectivity index (χ1v) is 8.24. The normalized spacial score (nSPS) is 13.9. The number of carbonyl (C=O) groups excluding carboxylic acids is 1. The SMILES string of the molecule is CC(C)c1ccc(COc2cccc(C(=O)NC3CC3)c2)cc1. The number of nitrogens with one attached hydrogen (secondary N) is 1. The van der Waals surface area contributed by atoms with E-state index in [-0.39, 0.29) is 5.91 Å². The molecule has 2 aromatic carbocycles. The molecule has 1 amide bonds. The first kappa shape index (κ1) is 15.6. The van der Waals surface area contributed by atoms with Crippen molar-refractivity contribution in [2.45, 2.75) is 45.3 Å². The maximum Gasteiger partial charge on any atom is 0.251 e. The lowest BCUT2D eigenvalue weighted by Gasteiger charge is -2.10. The molecule has 0 saturated heterocycles. The molecule has 23 heavy (non-hydrogen) atoms. The average Bonchev–Trinajstić information content (AvgIpc) is 3.37. The van der Waals surface area contributed by atoms with Gasteiger partial charge in [0, 0.05) is 11.6 Å². The zero-order valence-corrected chi connectivity index (χ0v) is 13.7. The van der Waals surface area contributed by atoms with E-state index in [2.05, 4.69) is 43.4 Å². The maximum absolute atomic E-state index is 12.1. The molecule has 3 heteroatoms. The van der Waals surface area contributed by atoms with Crippen molar-refractivity contribution in [1.29, 1.82) is 0 Å². The number of carbonyl (C=O) groups is 1. The molecule has 0 heterocycles. The Labute approximate surface area is 137 Å². The van der Waals surface area contributed by atoms with Crippen LogP contribution in [-0.4, -0.2) is 11.9 Å². The van der Waals surface area contributed by atoms with Crippen LogP contribution >= 0.6 is 0 Å². The first-order chi connectivity index (χ1) is 11.1. The minimum absolute atomic E-state index is 0.0146. The Morgan fingerprint density at radius 2 is 1.91 bits per heavy atom. The summed E-state index contributed by atoms with van der Waals surface area (Å²) in [6.45, 7) is 4.87. The first-order valence-electron chi connectivity index (χ1n) is 8.24. The fourth-order valence-corrected chi connectivity index (χ4v) is 2.39. The topological polar surface area (TPSA) is 38.3 Å². The van der Waals surface area contributed by atoms with Gasteiger partial charge in [-0.15, -0.1) is 0 Å². The third-order valence-electron chi connectivity index (χ3n) is 4.06. The van der Waals surface area contributed by atoms with Crippen LogP contribution in [0.5, 0.6) is 5.75 Å². The quantitative estimate of drug-likeness (QED) is 0.865. The molecule has 0 spiro atoms. The number of ether oxygens (including phenoxy) is 1. The van der Waals surface area contributed by atoms with Crippen molar-refractivity contribution in [1.82, 2.24) is 5.32 Å². The molecule has 1 aliphatic rings. The van der Waals surface area contributed by atoms with E-state index < -0.39 is 0 Å². The third kappa shape index (κ3) is 4.35. The summed E-state index contributed by atoms with van der Waals surface area (Å²) in [5.41, 5.74) is 3.11. The molecule has 0 aliphatic heterocycles. The minimum Gasteiger partial charge on any atom is -0.489 e. The van der Waals surface area contributed by atoms with Crippen LogP contribution in [0.1, 0.15) is 54.1 Å². The van der Waals surface area contributed by atoms with E-state index in [4.69, 9.17) is 4.74 Å². The van der Waals surface area contributed by atoms with Crippen LogP contribution in [0, 0.1) is 0 Å². The van der Waals surface area contributed by atoms with Gasteiger partial charge in [-0.05, 0) is 48.1 Å². The third-order valence-corrected chi connectivity index (χ3v) is 4.06. The molecule has 0 unspecified atom stereocenters. The molecule has 1 N–H and O–H groups in total. The molecule has 0 radical (unpaired) electrons. The molecule has 1 fully saturated rings. The van der Waals surface area contributed by atoms with Crippen LogP contribution < -0.4 is 10.1 Å². The van der Waals surface area contributed by atoms with Gasteiger partial charge in [-0.2, -0.15) is 0 Å². The number of hydrogen-bond donors (Lipinski definition) is 1. The fraction of sp³-hybridized carbons (Fsp3) is 0.350. The van der Waals surface area contributed by atoms with E-state index in [1.54, 1.807) is 6.07 Å². The van der Waals surface area contributed by atoms with Crippen LogP contribution in [0.15, 0.2) is 48.5 Å². The van der Waals surface area contributed by atoms with E-state index in [1.807, 2.05) is 18.2 Å². The van der Waals surface area contributed by atoms with Crippen LogP contribution in [0.2, 0.25) is 0 Å². The minimum atomic E-state index is -0.0146. The lowest BCUT2D eigenvalue weighted by atomic mass is 10.0. The van der Waals surface area contributed by atoms with Crippen molar-refractivity contribution in [3.8, 4) is 5.75 Å². The van der Waals surface area contributed by atoms with Gasteiger partial charge in [0.2, 0.25) is 0 Å². The predicted molar refractivity (Wildman–Crippen MR) is 91.8 cm³/mol. The van der Waals surface area contributed by atoms with Gasteiger partial charge in [-0.1, -0.05) is 44.2 Å². The van der Waals surface area contributed by atoms with Gasteiger partial charge in [0.25, 0.3) is 5.91 Å². The highest BCUT2D eigenvalue weighted by molar-refractivity contribution is 5.94. The summed E-state index contributed by atoms with van der Waals surface area (Å²) in [6.07, 6.45) is 2.18. The second kappa shape index (κ2) is 6.86. The van der Waals surface area contributed by atoms with Crippen molar-refractivity contribution >= 4 is 5.91 Å². The number of benzene rings is 2. The maximum atomic E-state index is 12.1. The Balaban J connectivity index is 1.60. The number of amides is 1. The van der Waals surface area contributed by atoms with Gasteiger partial charge in [0.1, 0.15) is 12.4 Å². The number of hydrogen-bond acceptors (Lipinski definition) is 2. The summed E-state index contributed by atoms with van der Waals surface area (Å²) < 4.78 is 5.82. The summed E-state index contributed by atoms with van der Waals surface area (Å²) >= 11 is 0. The molecule has 3 nitrogen and oxygen atoms in total. The molecule has 0 bridgehead atoms. The summed E-state index contributed by atoms with van der Waals surface area (Å²) in [5, 5.41) is 2.99. The fourth-order valence-electron chi connectivity index (χ4n) is 2.39. The van der Waals surface area contributed by atoms with E-state index in [0.29, 0.717) is 24.1 Å². The van der Waals surface area contributed by atoms with Crippen LogP contribution in [0.25, 0.3) is 0 Å². The highest BCUT2D eigenvalue weighted by atomic mass is 16.5. The zero-order valence-electron chi connectivity index (χ0n) is 13.7. The second-order valence-corrected chi connectivity index (χ2v) is 6.46. The Kier molecular flexibility index (Phi) is 4.65. The molecule has 0 atom stereocenters. The second-order valence-electron chi connectivity index (χ2n) is 6.46. The van der Waals surface area contributed by atoms with Crippen LogP contribution in [-0.2, 0) is 6.61 Å². The van der Waals surface area contributed by atoms with Crippen molar-refractivity contribution in [2.24, 2.45) is 0 Å². The highest BCUT2D eigenvalue weighted by Crippen LogP contribution is 2.21. The summed E-state index contributed by atoms with van der Waals surface area (Å²) in [7, 11) is 0. The van der Waals surface area contributed by atoms with Gasteiger partial charge in [0.05, 0.1) is 0 Å². The van der Waals surface area contributed by atoms with E-state index in [9.17, 15) is 4.79 Å². The Morgan fingerprint density at radius 1 is 1.17 bits per heavy atom. The molecule has 1 saturated carbocycles. The van der Waals surface area contributed by atoms with Gasteiger partial charge >= 0.3 is 0 Å². The molecule has 0 aromatic heterocycles. The Bertz CT molecular complexity index is 672. The molecule has 3 rings (SSSR count). The average molecular weight is 309 g/mol. The van der Waals surface area contributed by atoms with Crippen molar-refractivity contribution in [2.75, 3.05) is 0 Å². The molecule has 2 aromatic rings. The molecular weight excluding hydrogens is 286 g/mol. The lowest BCUT2D eigenvalue weighted by molar-refractivity contribution is 0.0950. The van der Waals surface area contributed by atoms with Gasteiger partial charge in [-0.3, -0.25) is 4.79 Å². The lowest BCUT2D eigenvalue weighted by Crippen LogP contribution is -2.25. The van der Waals surface area contributed by atoms with E-state index in [1.165, 1.54) is 5.56 Å². The van der Waals surface area contributed by atoms with Crippen molar-refractivity contribution < 1.29 is 9.53 Å². The van der Waals surface area contributed by atoms with Gasteiger partial charge < -0.3 is 10.1 Å². The van der Waals surface area contributed by atoms with Gasteiger partial charge in [0.15, 0.2) is 0 Å². The smallest absolute Gasteiger partial charge is 0.251 e. The molecule has 1 aliphatic carbocycles. The summed E-state index contributed by atoms with van der Waals surface area (Å²) in [4.78, 5) is 12.1. The van der Waals surface area contributed by atoms with Crippen LogP contribution in [0.4, 0.5) is 0 Å². The van der Waals surface area contributed by atoms with E-state index in [0.717, 1.165) is 24.2 Å². The number of rotatable bonds is 6. The highest BCUT2D eigenvalue weighted by Gasteiger charge is 2.23. The zero-order chi connectivity index (χ0) is 16.2. The van der Waals surface area contributed by atoms with E-state index >= 15 is 0 Å². The standard InChI is InChI=1S/C20H23NO2/c1-14(2)16-8-6-15(7-9-16)13-23-19-5-3-4-17(12-19)20(22)21-18-10-11-18/h3-9,12,14,18H,10-11,13H2,1-2H3,(H,21,22). The predicted octanol–water partition coefficient (Wildman–Crippen LogP) is 4.28. The Morgan fingerprint density at radius 3 is 2.57 bits per heavy atom. The van der Waals surface area contributed by atoms with Crippen molar-refractivity contribution in [3.63, 3.8) is 0 Å². The monoisotopic (exact) mass is 309 g/mol. The van der Waals surface area contributed by atoms with Crippen LogP contribution in [0.3, 0.4) is 0 Å². The molecular formula is C20H23NO2. The Hall–Kier alpha value is -2.29.